The summed E-state index contributed by atoms with van der Waals surface area (Å²) >= 11 is 0. The Balaban J connectivity index is 1.35. The minimum atomic E-state index is -0.545. The number of carbonyl (C=O) groups is 2. The Hall–Kier alpha value is -3.35. The van der Waals surface area contributed by atoms with Gasteiger partial charge in [0.2, 0.25) is 0 Å². The van der Waals surface area contributed by atoms with Crippen LogP contribution in [0.25, 0.3) is 11.1 Å². The van der Waals surface area contributed by atoms with Gasteiger partial charge in [-0.25, -0.2) is 4.79 Å². The first-order chi connectivity index (χ1) is 13.6. The molecule has 3 rings (SSSR count). The summed E-state index contributed by atoms with van der Waals surface area (Å²) in [5.74, 6) is -1.41. The quantitative estimate of drug-likeness (QED) is 0.453. The number of amides is 1. The third-order valence-corrected chi connectivity index (χ3v) is 4.28. The van der Waals surface area contributed by atoms with Crippen LogP contribution in [0.3, 0.4) is 0 Å². The van der Waals surface area contributed by atoms with Crippen molar-refractivity contribution in [2.75, 3.05) is 13.2 Å². The monoisotopic (exact) mass is 382 g/mol. The lowest BCUT2D eigenvalue weighted by Gasteiger charge is -2.07. The van der Waals surface area contributed by atoms with Crippen molar-refractivity contribution >= 4 is 23.0 Å². The van der Waals surface area contributed by atoms with Crippen LogP contribution in [0.4, 0.5) is 0 Å². The fourth-order valence-corrected chi connectivity index (χ4v) is 2.86. The van der Waals surface area contributed by atoms with E-state index >= 15 is 0 Å². The highest BCUT2D eigenvalue weighted by Crippen LogP contribution is 2.12. The van der Waals surface area contributed by atoms with E-state index in [2.05, 4.69) is 5.32 Å². The van der Waals surface area contributed by atoms with Gasteiger partial charge in [0, 0.05) is 13.1 Å². The van der Waals surface area contributed by atoms with Crippen molar-refractivity contribution in [3.63, 3.8) is 0 Å². The van der Waals surface area contributed by atoms with Gasteiger partial charge >= 0.3 is 11.7 Å². The Morgan fingerprint density at radius 3 is 2.61 bits per heavy atom. The maximum atomic E-state index is 11.9. The topological polar surface area (TPSA) is 90.5 Å². The Labute approximate surface area is 161 Å². The highest BCUT2D eigenvalue weighted by molar-refractivity contribution is 5.80. The number of nitrogens with one attached hydrogen (secondary N) is 1. The van der Waals surface area contributed by atoms with Gasteiger partial charge in [-0.15, -0.1) is 0 Å². The Morgan fingerprint density at radius 1 is 1.04 bits per heavy atom. The van der Waals surface area contributed by atoms with E-state index in [1.807, 2.05) is 30.3 Å². The van der Waals surface area contributed by atoms with Gasteiger partial charge in [-0.1, -0.05) is 42.5 Å². The van der Waals surface area contributed by atoms with Crippen LogP contribution >= 0.6 is 0 Å². The molecule has 0 aliphatic carbocycles. The lowest BCUT2D eigenvalue weighted by atomic mass is 10.1. The van der Waals surface area contributed by atoms with E-state index in [4.69, 9.17) is 9.15 Å². The molecule has 28 heavy (non-hydrogen) atoms. The highest BCUT2D eigenvalue weighted by Gasteiger charge is 2.12. The zero-order valence-electron chi connectivity index (χ0n) is 15.4. The maximum Gasteiger partial charge on any atom is 0.419 e. The molecule has 0 atom stereocenters. The Morgan fingerprint density at radius 2 is 1.79 bits per heavy atom. The molecule has 0 saturated carbocycles. The highest BCUT2D eigenvalue weighted by atomic mass is 16.5. The number of para-hydroxylation sites is 2. The zero-order chi connectivity index (χ0) is 19.8. The maximum absolute atomic E-state index is 11.9. The second-order valence-electron chi connectivity index (χ2n) is 6.34. The number of carbonyl (C=O) groups excluding carboxylic acids is 2. The molecule has 0 unspecified atom stereocenters. The molecule has 0 radical (unpaired) electrons. The Bertz CT molecular complexity index is 991. The van der Waals surface area contributed by atoms with E-state index in [-0.39, 0.29) is 25.5 Å². The molecule has 3 aromatic rings. The number of hydrogen-bond donors (Lipinski definition) is 1. The van der Waals surface area contributed by atoms with Gasteiger partial charge in [-0.3, -0.25) is 14.2 Å². The van der Waals surface area contributed by atoms with Crippen LogP contribution in [0.1, 0.15) is 18.4 Å². The molecule has 0 bridgehead atoms. The SMILES string of the molecule is O=C(COC(=O)CCn1c(=O)oc2ccccc21)NCCCc1ccccc1. The molecule has 7 heteroatoms. The summed E-state index contributed by atoms with van der Waals surface area (Å²) in [4.78, 5) is 35.5. The first-order valence-electron chi connectivity index (χ1n) is 9.18. The summed E-state index contributed by atoms with van der Waals surface area (Å²) in [5.41, 5.74) is 2.30. The van der Waals surface area contributed by atoms with Gasteiger partial charge in [0.05, 0.1) is 11.9 Å². The number of aryl methyl sites for hydroxylation is 2. The largest absolute Gasteiger partial charge is 0.456 e. The molecule has 1 amide bonds. The van der Waals surface area contributed by atoms with Crippen LogP contribution in [0.2, 0.25) is 0 Å². The number of nitrogens with zero attached hydrogens (tertiary/aromatic N) is 1. The van der Waals surface area contributed by atoms with Crippen molar-refractivity contribution in [3.05, 3.63) is 70.7 Å². The predicted molar refractivity (Wildman–Crippen MR) is 104 cm³/mol. The third kappa shape index (κ3) is 5.33. The van der Waals surface area contributed by atoms with E-state index in [1.165, 1.54) is 10.1 Å². The molecule has 0 spiro atoms. The van der Waals surface area contributed by atoms with Crippen LogP contribution < -0.4 is 11.1 Å². The van der Waals surface area contributed by atoms with E-state index in [1.54, 1.807) is 24.3 Å². The van der Waals surface area contributed by atoms with E-state index in [9.17, 15) is 14.4 Å². The number of rotatable bonds is 9. The molecule has 146 valence electrons. The molecule has 1 N–H and O–H groups in total. The van der Waals surface area contributed by atoms with Gasteiger partial charge in [0.15, 0.2) is 12.2 Å². The number of aromatic nitrogens is 1. The Kier molecular flexibility index (Phi) is 6.62. The molecular formula is C21H22N2O5. The lowest BCUT2D eigenvalue weighted by Crippen LogP contribution is -2.30. The molecule has 0 aliphatic rings. The number of benzene rings is 2. The number of fused-ring (bicyclic) bond motifs is 1. The summed E-state index contributed by atoms with van der Waals surface area (Å²) < 4.78 is 11.5. The fraction of sp³-hybridized carbons (Fsp3) is 0.286. The summed E-state index contributed by atoms with van der Waals surface area (Å²) in [7, 11) is 0. The number of ether oxygens (including phenoxy) is 1. The normalized spacial score (nSPS) is 10.7. The van der Waals surface area contributed by atoms with Crippen LogP contribution in [-0.4, -0.2) is 29.6 Å². The summed E-state index contributed by atoms with van der Waals surface area (Å²) in [6, 6.07) is 17.0. The second kappa shape index (κ2) is 9.55. The van der Waals surface area contributed by atoms with Crippen molar-refractivity contribution in [2.45, 2.75) is 25.8 Å². The fourth-order valence-electron chi connectivity index (χ4n) is 2.86. The molecule has 0 saturated heterocycles. The van der Waals surface area contributed by atoms with Crippen molar-refractivity contribution in [2.24, 2.45) is 0 Å². The molecule has 0 aliphatic heterocycles. The van der Waals surface area contributed by atoms with Gasteiger partial charge < -0.3 is 14.5 Å². The number of esters is 1. The zero-order valence-corrected chi connectivity index (χ0v) is 15.4. The van der Waals surface area contributed by atoms with Crippen LogP contribution in [-0.2, 0) is 27.3 Å². The van der Waals surface area contributed by atoms with Gasteiger partial charge in [0.25, 0.3) is 5.91 Å². The molecule has 1 heterocycles. The molecule has 2 aromatic carbocycles. The average molecular weight is 382 g/mol. The van der Waals surface area contributed by atoms with Gasteiger partial charge in [-0.05, 0) is 30.5 Å². The second-order valence-corrected chi connectivity index (χ2v) is 6.34. The molecular weight excluding hydrogens is 360 g/mol. The van der Waals surface area contributed by atoms with E-state index in [0.29, 0.717) is 17.6 Å². The van der Waals surface area contributed by atoms with E-state index in [0.717, 1.165) is 12.8 Å². The predicted octanol–water partition coefficient (Wildman–Crippen LogP) is 2.28. The average Bonchev–Trinajstić information content (AvgIpc) is 3.04. The summed E-state index contributed by atoms with van der Waals surface area (Å²) in [6.45, 7) is 0.320. The summed E-state index contributed by atoms with van der Waals surface area (Å²) in [6.07, 6.45) is 1.65. The smallest absolute Gasteiger partial charge is 0.419 e. The minimum Gasteiger partial charge on any atom is -0.456 e. The number of oxazole rings is 1. The first kappa shape index (κ1) is 19.4. The van der Waals surface area contributed by atoms with E-state index < -0.39 is 11.7 Å². The van der Waals surface area contributed by atoms with Gasteiger partial charge in [-0.2, -0.15) is 0 Å². The lowest BCUT2D eigenvalue weighted by molar-refractivity contribution is -0.148. The molecule has 0 fully saturated rings. The third-order valence-electron chi connectivity index (χ3n) is 4.28. The van der Waals surface area contributed by atoms with Crippen molar-refractivity contribution in [1.29, 1.82) is 0 Å². The minimum absolute atomic E-state index is 0.0231. The molecule has 1 aromatic heterocycles. The summed E-state index contributed by atoms with van der Waals surface area (Å²) in [5, 5.41) is 2.72. The number of hydrogen-bond acceptors (Lipinski definition) is 5. The van der Waals surface area contributed by atoms with Crippen molar-refractivity contribution in [3.8, 4) is 0 Å². The standard InChI is InChI=1S/C21H22N2O5/c24-19(22-13-6-9-16-7-2-1-3-8-16)15-27-20(25)12-14-23-17-10-4-5-11-18(17)28-21(23)26/h1-5,7-8,10-11H,6,9,12-15H2,(H,22,24). The van der Waals surface area contributed by atoms with Crippen LogP contribution in [0.5, 0.6) is 0 Å². The van der Waals surface area contributed by atoms with Crippen LogP contribution in [0, 0.1) is 0 Å². The van der Waals surface area contributed by atoms with Gasteiger partial charge in [0.1, 0.15) is 0 Å². The first-order valence-corrected chi connectivity index (χ1v) is 9.18. The van der Waals surface area contributed by atoms with Crippen molar-refractivity contribution in [1.82, 2.24) is 9.88 Å². The van der Waals surface area contributed by atoms with Crippen LogP contribution in [0.15, 0.2) is 63.8 Å². The van der Waals surface area contributed by atoms with Crippen molar-refractivity contribution < 1.29 is 18.7 Å². The molecule has 7 nitrogen and oxygen atoms in total.